The number of carbonyl (C=O) groups excluding carboxylic acids is 1. The van der Waals surface area contributed by atoms with Crippen molar-refractivity contribution in [1.29, 1.82) is 0 Å². The van der Waals surface area contributed by atoms with Gasteiger partial charge in [-0.15, -0.1) is 0 Å². The summed E-state index contributed by atoms with van der Waals surface area (Å²) >= 11 is 0. The van der Waals surface area contributed by atoms with E-state index in [1.807, 2.05) is 0 Å². The maximum absolute atomic E-state index is 9.84. The maximum atomic E-state index is 9.84. The topological polar surface area (TPSA) is 66.8 Å². The highest BCUT2D eigenvalue weighted by Gasteiger charge is 1.81. The molecule has 0 aliphatic heterocycles. The number of aliphatic hydroxyl groups is 2. The summed E-state index contributed by atoms with van der Waals surface area (Å²) in [6.07, 6.45) is 5.54. The Morgan fingerprint density at radius 1 is 1.46 bits per heavy atom. The van der Waals surface area contributed by atoms with Crippen molar-refractivity contribution in [3.8, 4) is 0 Å². The van der Waals surface area contributed by atoms with Gasteiger partial charge >= 0.3 is 5.97 Å². The Kier molecular flexibility index (Phi) is 11.0. The molecule has 13 heavy (non-hydrogen) atoms. The quantitative estimate of drug-likeness (QED) is 0.299. The van der Waals surface area contributed by atoms with Crippen molar-refractivity contribution in [2.24, 2.45) is 0 Å². The molecule has 0 aliphatic carbocycles. The predicted molar refractivity (Wildman–Crippen MR) is 50.4 cm³/mol. The van der Waals surface area contributed by atoms with Gasteiger partial charge in [0.1, 0.15) is 0 Å². The molecular formula is C9H14O4. The average Bonchev–Trinajstić information content (AvgIpc) is 2.14. The first-order valence-corrected chi connectivity index (χ1v) is 3.49. The lowest BCUT2D eigenvalue weighted by molar-refractivity contribution is -0.134. The molecule has 0 amide bonds. The van der Waals surface area contributed by atoms with Crippen LogP contribution in [0, 0.1) is 0 Å². The smallest absolute Gasteiger partial charge is 0.329 e. The van der Waals surface area contributed by atoms with Gasteiger partial charge in [-0.25, -0.2) is 4.79 Å². The first-order valence-electron chi connectivity index (χ1n) is 3.49. The van der Waals surface area contributed by atoms with Crippen LogP contribution in [0.15, 0.2) is 36.8 Å². The van der Waals surface area contributed by atoms with E-state index in [9.17, 15) is 4.79 Å². The van der Waals surface area contributed by atoms with Gasteiger partial charge in [0.25, 0.3) is 5.95 Å². The van der Waals surface area contributed by atoms with Crippen LogP contribution in [0.5, 0.6) is 0 Å². The lowest BCUT2D eigenvalue weighted by Crippen LogP contribution is -1.91. The van der Waals surface area contributed by atoms with Crippen molar-refractivity contribution < 1.29 is 19.7 Å². The van der Waals surface area contributed by atoms with E-state index in [0.29, 0.717) is 0 Å². The minimum Gasteiger partial charge on any atom is -0.481 e. The molecule has 0 spiro atoms. The first-order chi connectivity index (χ1) is 6.08. The Morgan fingerprint density at radius 3 is 2.08 bits per heavy atom. The second kappa shape index (κ2) is 10.3. The van der Waals surface area contributed by atoms with Gasteiger partial charge < -0.3 is 14.9 Å². The van der Waals surface area contributed by atoms with Crippen molar-refractivity contribution in [1.82, 2.24) is 0 Å². The van der Waals surface area contributed by atoms with Crippen LogP contribution in [0.2, 0.25) is 0 Å². The Morgan fingerprint density at radius 2 is 2.00 bits per heavy atom. The predicted octanol–water partition coefficient (Wildman–Crippen LogP) is 1.87. The van der Waals surface area contributed by atoms with Gasteiger partial charge in [-0.05, 0) is 6.92 Å². The molecular weight excluding hydrogens is 172 g/mol. The number of methoxy groups -OCH3 is 1. The number of carbonyl (C=O) groups is 1. The summed E-state index contributed by atoms with van der Waals surface area (Å²) in [6.45, 7) is 4.95. The molecule has 4 heteroatoms. The molecule has 0 aromatic rings. The highest BCUT2D eigenvalue weighted by Crippen LogP contribution is 1.79. The molecule has 0 aromatic heterocycles. The van der Waals surface area contributed by atoms with E-state index in [0.717, 1.165) is 6.08 Å². The van der Waals surface area contributed by atoms with Crippen LogP contribution >= 0.6 is 0 Å². The van der Waals surface area contributed by atoms with Gasteiger partial charge in [-0.2, -0.15) is 0 Å². The van der Waals surface area contributed by atoms with Crippen LogP contribution in [-0.2, 0) is 9.53 Å². The molecule has 4 nitrogen and oxygen atoms in total. The van der Waals surface area contributed by atoms with Crippen LogP contribution < -0.4 is 0 Å². The fraction of sp³-hybridized carbons (Fsp3) is 0.222. The normalized spacial score (nSPS) is 8.15. The summed E-state index contributed by atoms with van der Waals surface area (Å²) in [5.41, 5.74) is 0. The van der Waals surface area contributed by atoms with Crippen molar-refractivity contribution in [3.05, 3.63) is 36.8 Å². The highest BCUT2D eigenvalue weighted by molar-refractivity contribution is 5.80. The lowest BCUT2D eigenvalue weighted by Gasteiger charge is -1.83. The number of aliphatic hydroxyl groups excluding tert-OH is 1. The summed E-state index contributed by atoms with van der Waals surface area (Å²) in [5, 5.41) is 16.1. The van der Waals surface area contributed by atoms with E-state index in [1.165, 1.54) is 19.3 Å². The largest absolute Gasteiger partial charge is 0.481 e. The van der Waals surface area contributed by atoms with Gasteiger partial charge in [0.2, 0.25) is 0 Å². The molecule has 0 radical (unpaired) electrons. The van der Waals surface area contributed by atoms with Crippen molar-refractivity contribution in [2.45, 2.75) is 6.92 Å². The minimum absolute atomic E-state index is 0.394. The van der Waals surface area contributed by atoms with E-state index >= 15 is 0 Å². The molecule has 0 fully saturated rings. The van der Waals surface area contributed by atoms with E-state index in [2.05, 4.69) is 11.3 Å². The number of hydrogen-bond acceptors (Lipinski definition) is 4. The maximum Gasteiger partial charge on any atom is 0.329 e. The summed E-state index contributed by atoms with van der Waals surface area (Å²) in [4.78, 5) is 9.84. The molecule has 0 rings (SSSR count). The Labute approximate surface area is 77.5 Å². The van der Waals surface area contributed by atoms with E-state index in [1.54, 1.807) is 13.0 Å². The standard InChI is InChI=1S/C5H8O2.C4H6O2/c1-2-3-4-5(6)7;1-3-4(5)6-2/h2-4,6-7H,1H3;3H,1H2,2H3. The molecule has 0 bridgehead atoms. The van der Waals surface area contributed by atoms with Gasteiger partial charge in [0.05, 0.1) is 7.11 Å². The summed E-state index contributed by atoms with van der Waals surface area (Å²) in [5.74, 6) is -1.05. The highest BCUT2D eigenvalue weighted by atomic mass is 16.5. The Hall–Kier alpha value is -1.71. The van der Waals surface area contributed by atoms with Crippen LogP contribution in [0.1, 0.15) is 6.92 Å². The molecule has 0 saturated carbocycles. The lowest BCUT2D eigenvalue weighted by atomic mass is 10.5. The van der Waals surface area contributed by atoms with Crippen LogP contribution in [0.25, 0.3) is 0 Å². The Bertz CT molecular complexity index is 200. The summed E-state index contributed by atoms with van der Waals surface area (Å²) < 4.78 is 4.14. The monoisotopic (exact) mass is 186 g/mol. The molecule has 0 saturated heterocycles. The summed E-state index contributed by atoms with van der Waals surface area (Å²) in [7, 11) is 1.31. The van der Waals surface area contributed by atoms with E-state index < -0.39 is 11.9 Å². The number of ether oxygens (including phenoxy) is 1. The second-order valence-electron chi connectivity index (χ2n) is 1.78. The zero-order valence-corrected chi connectivity index (χ0v) is 7.73. The van der Waals surface area contributed by atoms with Crippen LogP contribution in [0.4, 0.5) is 0 Å². The third-order valence-corrected chi connectivity index (χ3v) is 0.806. The summed E-state index contributed by atoms with van der Waals surface area (Å²) in [6, 6.07) is 0. The van der Waals surface area contributed by atoms with Gasteiger partial charge in [0, 0.05) is 12.2 Å². The fourth-order valence-corrected chi connectivity index (χ4v) is 0.266. The zero-order valence-electron chi connectivity index (χ0n) is 7.73. The van der Waals surface area contributed by atoms with Crippen molar-refractivity contribution in [2.75, 3.05) is 7.11 Å². The van der Waals surface area contributed by atoms with Gasteiger partial charge in [-0.1, -0.05) is 18.7 Å². The van der Waals surface area contributed by atoms with Crippen molar-refractivity contribution in [3.63, 3.8) is 0 Å². The molecule has 0 unspecified atom stereocenters. The molecule has 0 aliphatic rings. The third-order valence-electron chi connectivity index (χ3n) is 0.806. The van der Waals surface area contributed by atoms with Gasteiger partial charge in [0.15, 0.2) is 0 Å². The molecule has 0 heterocycles. The molecule has 0 aromatic carbocycles. The van der Waals surface area contributed by atoms with E-state index in [-0.39, 0.29) is 0 Å². The molecule has 2 N–H and O–H groups in total. The van der Waals surface area contributed by atoms with Crippen LogP contribution in [-0.4, -0.2) is 23.3 Å². The SMILES string of the molecule is C=CC(=O)OC.CC=CC=C(O)O. The molecule has 0 atom stereocenters. The first kappa shape index (κ1) is 13.9. The zero-order chi connectivity index (χ0) is 10.7. The average molecular weight is 186 g/mol. The second-order valence-corrected chi connectivity index (χ2v) is 1.78. The van der Waals surface area contributed by atoms with E-state index in [4.69, 9.17) is 10.2 Å². The van der Waals surface area contributed by atoms with Crippen molar-refractivity contribution >= 4 is 5.97 Å². The number of rotatable bonds is 2. The minimum atomic E-state index is -0.655. The number of allylic oxidation sites excluding steroid dienone is 3. The van der Waals surface area contributed by atoms with Crippen LogP contribution in [0.3, 0.4) is 0 Å². The third kappa shape index (κ3) is 17.9. The Balaban J connectivity index is 0. The fourth-order valence-electron chi connectivity index (χ4n) is 0.266. The molecule has 74 valence electrons. The van der Waals surface area contributed by atoms with Gasteiger partial charge in [-0.3, -0.25) is 0 Å². The number of hydrogen-bond donors (Lipinski definition) is 2. The number of esters is 1.